The van der Waals surface area contributed by atoms with Gasteiger partial charge in [-0.05, 0) is 86.0 Å². The van der Waals surface area contributed by atoms with Gasteiger partial charge in [0, 0.05) is 56.4 Å². The molecule has 452 valence electrons. The zero-order chi connectivity index (χ0) is 59.3. The van der Waals surface area contributed by atoms with Crippen LogP contribution in [-0.4, -0.2) is 180 Å². The maximum atomic E-state index is 14.8. The van der Waals surface area contributed by atoms with E-state index in [1.54, 1.807) is 0 Å². The summed E-state index contributed by atoms with van der Waals surface area (Å²) in [7, 11) is 0. The quantitative estimate of drug-likeness (QED) is 0.0310. The molecular weight excluding hydrogens is 1060 g/mol. The summed E-state index contributed by atoms with van der Waals surface area (Å²) in [5.41, 5.74) is 1.01. The van der Waals surface area contributed by atoms with Crippen LogP contribution in [0.5, 0.6) is 17.2 Å². The molecule has 25 nitrogen and oxygen atoms in total. The molecule has 0 spiro atoms. The number of hydrogen-bond donors (Lipinski definition) is 13. The Hall–Kier alpha value is -5.74. The van der Waals surface area contributed by atoms with Crippen molar-refractivity contribution < 1.29 is 74.6 Å². The first kappa shape index (κ1) is 64.4. The highest BCUT2D eigenvalue weighted by Gasteiger charge is 2.67. The maximum Gasteiger partial charge on any atom is 0.271 e. The molecule has 6 unspecified atom stereocenters. The van der Waals surface area contributed by atoms with E-state index in [0.29, 0.717) is 77.0 Å². The summed E-state index contributed by atoms with van der Waals surface area (Å²) in [5.74, 6) is -3.15. The van der Waals surface area contributed by atoms with Gasteiger partial charge in [-0.15, -0.1) is 0 Å². The summed E-state index contributed by atoms with van der Waals surface area (Å²) in [6.07, 6.45) is 0.604. The van der Waals surface area contributed by atoms with Crippen LogP contribution in [0.3, 0.4) is 0 Å². The monoisotopic (exact) mass is 1140 g/mol. The number of amides is 3. The molecule has 14 N–H and O–H groups in total. The lowest BCUT2D eigenvalue weighted by Crippen LogP contribution is -2.68. The number of nitrogens with zero attached hydrogens (tertiary/aromatic N) is 3. The van der Waals surface area contributed by atoms with Crippen molar-refractivity contribution in [1.29, 1.82) is 0 Å². The number of unbranched alkanes of at least 4 members (excludes halogenated alkanes) is 3. The number of nitrogens with one attached hydrogen (secondary N) is 3. The second kappa shape index (κ2) is 28.5. The number of carbonyl (C=O) groups excluding carboxylic acids is 3. The second-order valence-corrected chi connectivity index (χ2v) is 22.9. The smallest absolute Gasteiger partial charge is 0.271 e. The Bertz CT molecular complexity index is 2500. The Labute approximate surface area is 469 Å². The number of rotatable bonds is 34. The van der Waals surface area contributed by atoms with Crippen LogP contribution in [0, 0.1) is 21.7 Å². The zero-order valence-electron chi connectivity index (χ0n) is 46.7. The zero-order valence-corrected chi connectivity index (χ0v) is 46.7. The van der Waals surface area contributed by atoms with E-state index in [9.17, 15) is 74.7 Å². The third-order valence-corrected chi connectivity index (χ3v) is 16.1. The van der Waals surface area contributed by atoms with Crippen molar-refractivity contribution in [2.45, 2.75) is 154 Å². The van der Waals surface area contributed by atoms with E-state index in [0.717, 1.165) is 0 Å². The predicted octanol–water partition coefficient (Wildman–Crippen LogP) is -1.27. The van der Waals surface area contributed by atoms with Gasteiger partial charge in [-0.3, -0.25) is 28.8 Å². The fourth-order valence-electron chi connectivity index (χ4n) is 12.9. The molecule has 0 aliphatic heterocycles. The molecule has 0 radical (unpaired) electrons. The Morgan fingerprint density at radius 3 is 0.975 bits per heavy atom. The first-order valence-electron chi connectivity index (χ1n) is 28.2. The van der Waals surface area contributed by atoms with E-state index in [1.807, 2.05) is 20.8 Å². The molecule has 81 heavy (non-hydrogen) atoms. The average molecular weight is 1140 g/mol. The maximum absolute atomic E-state index is 14.8. The van der Waals surface area contributed by atoms with Gasteiger partial charge >= 0.3 is 0 Å². The fourth-order valence-corrected chi connectivity index (χ4v) is 12.9. The molecule has 3 aromatic rings. The van der Waals surface area contributed by atoms with Crippen molar-refractivity contribution in [1.82, 2.24) is 29.7 Å². The topological polar surface area (TPSA) is 389 Å². The van der Waals surface area contributed by atoms with Crippen LogP contribution in [0.25, 0.3) is 0 Å². The summed E-state index contributed by atoms with van der Waals surface area (Å²) in [6, 6.07) is 3.50. The van der Waals surface area contributed by atoms with E-state index in [4.69, 9.17) is 19.9 Å². The number of hydrogen-bond acceptors (Lipinski definition) is 19. The molecule has 3 aromatic heterocycles. The van der Waals surface area contributed by atoms with Gasteiger partial charge in [-0.25, -0.2) is 0 Å². The van der Waals surface area contributed by atoms with Crippen molar-refractivity contribution in [2.75, 3.05) is 65.8 Å². The van der Waals surface area contributed by atoms with E-state index in [2.05, 4.69) is 16.0 Å². The number of aliphatic hydroxyl groups is 9. The lowest BCUT2D eigenvalue weighted by Gasteiger charge is -2.71. The minimum absolute atomic E-state index is 0.0459. The van der Waals surface area contributed by atoms with E-state index in [1.165, 1.54) is 50.5 Å². The largest absolute Gasteiger partial charge is 0.487 e. The van der Waals surface area contributed by atoms with Crippen molar-refractivity contribution >= 4 is 17.7 Å². The molecule has 25 heteroatoms. The van der Waals surface area contributed by atoms with Crippen LogP contribution >= 0.6 is 0 Å². The van der Waals surface area contributed by atoms with Gasteiger partial charge in [0.15, 0.2) is 34.3 Å². The van der Waals surface area contributed by atoms with Gasteiger partial charge in [-0.1, -0.05) is 40.0 Å². The molecule has 7 rings (SSSR count). The molecule has 4 bridgehead atoms. The number of aliphatic hydroxyl groups excluding tert-OH is 9. The number of ether oxygens (including phenoxy) is 3. The molecule has 3 amide bonds. The molecule has 6 atom stereocenters. The SMILES string of the molecule is CCCCOc1c(C(=O)NCC23CC4(CN)CC(CNC(=O)c5c(OCCCC)c(=O)ccn5CC(O)C(O)CO)(C2)CC(CNC(=O)c2c(OCCCC)c(=O)ccn2CC(O)C(O)CO)(C4)C3)n(CC(O)C(O)CO)ccc1=O. The van der Waals surface area contributed by atoms with Crippen LogP contribution in [0.15, 0.2) is 51.2 Å². The summed E-state index contributed by atoms with van der Waals surface area (Å²) in [5, 5.41) is 102. The van der Waals surface area contributed by atoms with Crippen molar-refractivity contribution in [3.05, 3.63) is 84.5 Å². The van der Waals surface area contributed by atoms with E-state index in [-0.39, 0.29) is 80.3 Å². The van der Waals surface area contributed by atoms with Crippen LogP contribution in [0.2, 0.25) is 0 Å². The Kier molecular flexibility index (Phi) is 22.7. The first-order valence-corrected chi connectivity index (χ1v) is 28.2. The number of carbonyl (C=O) groups is 3. The van der Waals surface area contributed by atoms with Gasteiger partial charge in [0.05, 0.1) is 77.6 Å². The highest BCUT2D eigenvalue weighted by molar-refractivity contribution is 5.96. The van der Waals surface area contributed by atoms with Crippen molar-refractivity contribution in [2.24, 2.45) is 27.4 Å². The molecule has 0 saturated heterocycles. The van der Waals surface area contributed by atoms with Crippen LogP contribution in [-0.2, 0) is 19.6 Å². The molecule has 4 aliphatic carbocycles. The van der Waals surface area contributed by atoms with Gasteiger partial charge in [-0.2, -0.15) is 0 Å². The first-order chi connectivity index (χ1) is 38.6. The van der Waals surface area contributed by atoms with Gasteiger partial charge < -0.3 is 95.6 Å². The average Bonchev–Trinajstić information content (AvgIpc) is 1.10. The van der Waals surface area contributed by atoms with Gasteiger partial charge in [0.2, 0.25) is 16.3 Å². The lowest BCUT2D eigenvalue weighted by molar-refractivity contribution is -0.192. The standard InChI is InChI=1S/C56H85N7O18/c1-4-7-16-79-47-35(67)10-13-61(19-38(70)41(73)22-64)44(47)50(76)58-32-54-25-53(31-57)26-55(28-54,33-59-51(77)45-48(80-17-8-5-2)36(68)11-14-62(45)20-39(71)42(74)23-65)30-56(27-53,29-54)34-60-52(78)46-49(81-18-9-6-3)37(69)12-15-63(46)21-40(72)43(75)24-66/h10-15,38-43,64-66,70-75H,4-9,16-34,57H2,1-3H3,(H,58,76)(H,59,77)(H,60,78). The van der Waals surface area contributed by atoms with Gasteiger partial charge in [0.1, 0.15) is 18.3 Å². The third-order valence-electron chi connectivity index (χ3n) is 16.1. The van der Waals surface area contributed by atoms with E-state index < -0.39 is 132 Å². The fraction of sp³-hybridized carbons (Fsp3) is 0.679. The van der Waals surface area contributed by atoms with Crippen LogP contribution in [0.1, 0.15) is 129 Å². The normalized spacial score (nSPS) is 23.2. The molecule has 4 fully saturated rings. The number of aromatic nitrogens is 3. The summed E-state index contributed by atoms with van der Waals surface area (Å²) < 4.78 is 21.6. The third kappa shape index (κ3) is 15.3. The summed E-state index contributed by atoms with van der Waals surface area (Å²) in [4.78, 5) is 84.9. The predicted molar refractivity (Wildman–Crippen MR) is 294 cm³/mol. The highest BCUT2D eigenvalue weighted by Crippen LogP contribution is 2.73. The summed E-state index contributed by atoms with van der Waals surface area (Å²) in [6.45, 7) is 2.39. The molecule has 0 aromatic carbocycles. The van der Waals surface area contributed by atoms with E-state index >= 15 is 0 Å². The van der Waals surface area contributed by atoms with Gasteiger partial charge in [0.25, 0.3) is 17.7 Å². The minimum Gasteiger partial charge on any atom is -0.487 e. The number of pyridine rings is 3. The van der Waals surface area contributed by atoms with Crippen LogP contribution in [0.4, 0.5) is 0 Å². The minimum atomic E-state index is -1.58. The Morgan fingerprint density at radius 1 is 0.481 bits per heavy atom. The van der Waals surface area contributed by atoms with Crippen molar-refractivity contribution in [3.8, 4) is 17.2 Å². The Morgan fingerprint density at radius 2 is 0.741 bits per heavy atom. The van der Waals surface area contributed by atoms with Crippen LogP contribution < -0.4 is 52.2 Å². The number of nitrogens with two attached hydrogens (primary N) is 1. The molecule has 4 aliphatic rings. The Balaban J connectivity index is 1.43. The van der Waals surface area contributed by atoms with Crippen molar-refractivity contribution in [3.63, 3.8) is 0 Å². The highest BCUT2D eigenvalue weighted by atomic mass is 16.5. The molecule has 4 saturated carbocycles. The summed E-state index contributed by atoms with van der Waals surface area (Å²) >= 11 is 0. The molecular formula is C56H85N7O18. The molecule has 3 heterocycles. The lowest BCUT2D eigenvalue weighted by atomic mass is 9.35. The second-order valence-electron chi connectivity index (χ2n) is 22.9.